The third-order valence-electron chi connectivity index (χ3n) is 3.49. The van der Waals surface area contributed by atoms with E-state index in [-0.39, 0.29) is 11.6 Å². The smallest absolute Gasteiger partial charge is 0.249 e. The predicted octanol–water partition coefficient (Wildman–Crippen LogP) is 4.25. The molecule has 0 aliphatic heterocycles. The molecule has 0 aliphatic rings. The molecule has 5 nitrogen and oxygen atoms in total. The summed E-state index contributed by atoms with van der Waals surface area (Å²) in [6, 6.07) is 9.49. The van der Waals surface area contributed by atoms with E-state index in [0.717, 1.165) is 28.9 Å². The third kappa shape index (κ3) is 3.29. The average molecular weight is 327 g/mol. The second kappa shape index (κ2) is 6.57. The van der Waals surface area contributed by atoms with E-state index in [1.54, 1.807) is 0 Å². The monoisotopic (exact) mass is 327 g/mol. The Hall–Kier alpha value is -3.09. The maximum atomic E-state index is 13.7. The molecule has 0 unspecified atom stereocenters. The summed E-state index contributed by atoms with van der Waals surface area (Å²) in [5.74, 6) is -1.05. The Bertz CT molecular complexity index is 773. The van der Waals surface area contributed by atoms with E-state index in [2.05, 4.69) is 25.8 Å². The number of halogens is 2. The molecule has 0 saturated heterocycles. The molecule has 3 aromatic rings. The van der Waals surface area contributed by atoms with Gasteiger partial charge in [-0.3, -0.25) is 0 Å². The number of nitrogens with one attached hydrogen (secondary N) is 2. The lowest BCUT2D eigenvalue weighted by molar-refractivity contribution is 0.590. The van der Waals surface area contributed by atoms with Gasteiger partial charge in [-0.1, -0.05) is 24.3 Å². The van der Waals surface area contributed by atoms with Crippen molar-refractivity contribution in [2.24, 2.45) is 0 Å². The summed E-state index contributed by atoms with van der Waals surface area (Å²) >= 11 is 0. The van der Waals surface area contributed by atoms with Crippen molar-refractivity contribution in [3.8, 4) is 0 Å². The lowest BCUT2D eigenvalue weighted by atomic mass is 10.1. The number of benzene rings is 2. The SMILES string of the molecule is Cc1cccc(C)c1Nc1cnnc(Nc2c(F)cccc2F)n1. The fourth-order valence-electron chi connectivity index (χ4n) is 2.29. The maximum Gasteiger partial charge on any atom is 0.249 e. The predicted molar refractivity (Wildman–Crippen MR) is 88.7 cm³/mol. The van der Waals surface area contributed by atoms with Crippen molar-refractivity contribution in [1.82, 2.24) is 15.2 Å². The number of aromatic nitrogens is 3. The van der Waals surface area contributed by atoms with Crippen LogP contribution in [0.4, 0.5) is 31.9 Å². The number of aryl methyl sites for hydroxylation is 2. The second-order valence-corrected chi connectivity index (χ2v) is 5.28. The minimum Gasteiger partial charge on any atom is -0.338 e. The summed E-state index contributed by atoms with van der Waals surface area (Å²) < 4.78 is 27.4. The van der Waals surface area contributed by atoms with Crippen molar-refractivity contribution in [3.05, 3.63) is 65.4 Å². The number of hydrogen-bond donors (Lipinski definition) is 2. The van der Waals surface area contributed by atoms with Crippen molar-refractivity contribution in [2.75, 3.05) is 10.6 Å². The van der Waals surface area contributed by atoms with Crippen LogP contribution in [0.1, 0.15) is 11.1 Å². The Kier molecular flexibility index (Phi) is 4.33. The summed E-state index contributed by atoms with van der Waals surface area (Å²) in [4.78, 5) is 4.20. The lowest BCUT2D eigenvalue weighted by Gasteiger charge is -2.12. The van der Waals surface area contributed by atoms with Crippen molar-refractivity contribution < 1.29 is 8.78 Å². The van der Waals surface area contributed by atoms with Gasteiger partial charge in [-0.2, -0.15) is 10.1 Å². The largest absolute Gasteiger partial charge is 0.338 e. The summed E-state index contributed by atoms with van der Waals surface area (Å²) in [6.07, 6.45) is 1.44. The summed E-state index contributed by atoms with van der Waals surface area (Å²) in [6.45, 7) is 3.94. The molecule has 1 heterocycles. The minimum absolute atomic E-state index is 0.00441. The average Bonchev–Trinajstić information content (AvgIpc) is 2.55. The van der Waals surface area contributed by atoms with Gasteiger partial charge in [0.1, 0.15) is 17.3 Å². The molecule has 0 fully saturated rings. The highest BCUT2D eigenvalue weighted by molar-refractivity contribution is 5.65. The van der Waals surface area contributed by atoms with Crippen LogP contribution in [-0.2, 0) is 0 Å². The topological polar surface area (TPSA) is 62.7 Å². The van der Waals surface area contributed by atoms with Crippen LogP contribution in [-0.4, -0.2) is 15.2 Å². The minimum atomic E-state index is -0.730. The van der Waals surface area contributed by atoms with E-state index in [1.807, 2.05) is 32.0 Å². The van der Waals surface area contributed by atoms with Gasteiger partial charge < -0.3 is 10.6 Å². The fourth-order valence-corrected chi connectivity index (χ4v) is 2.29. The molecule has 24 heavy (non-hydrogen) atoms. The number of nitrogens with zero attached hydrogens (tertiary/aromatic N) is 3. The Balaban J connectivity index is 1.87. The molecule has 3 rings (SSSR count). The zero-order chi connectivity index (χ0) is 17.1. The van der Waals surface area contributed by atoms with Gasteiger partial charge in [0.2, 0.25) is 5.95 Å². The first-order valence-corrected chi connectivity index (χ1v) is 7.28. The van der Waals surface area contributed by atoms with Gasteiger partial charge in [-0.25, -0.2) is 8.78 Å². The summed E-state index contributed by atoms with van der Waals surface area (Å²) in [5, 5.41) is 13.2. The normalized spacial score (nSPS) is 10.5. The van der Waals surface area contributed by atoms with Gasteiger partial charge in [0, 0.05) is 5.69 Å². The van der Waals surface area contributed by atoms with Gasteiger partial charge in [-0.15, -0.1) is 5.10 Å². The Morgan fingerprint density at radius 2 is 1.46 bits per heavy atom. The van der Waals surface area contributed by atoms with Crippen molar-refractivity contribution in [2.45, 2.75) is 13.8 Å². The highest BCUT2D eigenvalue weighted by atomic mass is 19.1. The number of rotatable bonds is 4. The molecule has 2 aromatic carbocycles. The molecule has 2 N–H and O–H groups in total. The van der Waals surface area contributed by atoms with Gasteiger partial charge in [0.15, 0.2) is 5.82 Å². The third-order valence-corrected chi connectivity index (χ3v) is 3.49. The van der Waals surface area contributed by atoms with Crippen LogP contribution >= 0.6 is 0 Å². The second-order valence-electron chi connectivity index (χ2n) is 5.28. The number of hydrogen-bond acceptors (Lipinski definition) is 5. The van der Waals surface area contributed by atoms with Crippen LogP contribution in [0.25, 0.3) is 0 Å². The highest BCUT2D eigenvalue weighted by Crippen LogP contribution is 2.24. The first-order chi connectivity index (χ1) is 11.5. The van der Waals surface area contributed by atoms with E-state index >= 15 is 0 Å². The molecule has 0 aliphatic carbocycles. The molecular weight excluding hydrogens is 312 g/mol. The van der Waals surface area contributed by atoms with Crippen LogP contribution in [0.2, 0.25) is 0 Å². The zero-order valence-corrected chi connectivity index (χ0v) is 13.1. The zero-order valence-electron chi connectivity index (χ0n) is 13.1. The molecule has 0 atom stereocenters. The van der Waals surface area contributed by atoms with E-state index in [1.165, 1.54) is 12.3 Å². The molecule has 1 aromatic heterocycles. The summed E-state index contributed by atoms with van der Waals surface area (Å²) in [7, 11) is 0. The van der Waals surface area contributed by atoms with Gasteiger partial charge in [0.05, 0.1) is 6.20 Å². The Morgan fingerprint density at radius 1 is 0.833 bits per heavy atom. The highest BCUT2D eigenvalue weighted by Gasteiger charge is 2.11. The van der Waals surface area contributed by atoms with Crippen molar-refractivity contribution in [1.29, 1.82) is 0 Å². The number of para-hydroxylation sites is 2. The molecule has 7 heteroatoms. The fraction of sp³-hybridized carbons (Fsp3) is 0.118. The van der Waals surface area contributed by atoms with Crippen molar-refractivity contribution in [3.63, 3.8) is 0 Å². The molecule has 0 spiro atoms. The van der Waals surface area contributed by atoms with Crippen LogP contribution < -0.4 is 10.6 Å². The first-order valence-electron chi connectivity index (χ1n) is 7.28. The van der Waals surface area contributed by atoms with Gasteiger partial charge >= 0.3 is 0 Å². The van der Waals surface area contributed by atoms with E-state index in [0.29, 0.717) is 5.82 Å². The maximum absolute atomic E-state index is 13.7. The van der Waals surface area contributed by atoms with E-state index in [9.17, 15) is 8.78 Å². The van der Waals surface area contributed by atoms with Gasteiger partial charge in [-0.05, 0) is 37.1 Å². The molecule has 122 valence electrons. The van der Waals surface area contributed by atoms with Crippen LogP contribution in [0.5, 0.6) is 0 Å². The molecule has 0 amide bonds. The summed E-state index contributed by atoms with van der Waals surface area (Å²) in [5.41, 5.74) is 2.68. The molecule has 0 radical (unpaired) electrons. The van der Waals surface area contributed by atoms with Gasteiger partial charge in [0.25, 0.3) is 0 Å². The van der Waals surface area contributed by atoms with E-state index < -0.39 is 11.6 Å². The molecule has 0 saturated carbocycles. The standard InChI is InChI=1S/C17H15F2N5/c1-10-5-3-6-11(2)15(10)21-14-9-20-24-17(22-14)23-16-12(18)7-4-8-13(16)19/h3-9H,1-2H3,(H2,21,22,23,24). The number of anilines is 4. The first kappa shape index (κ1) is 15.8. The molecular formula is C17H15F2N5. The van der Waals surface area contributed by atoms with Crippen LogP contribution in [0.3, 0.4) is 0 Å². The lowest BCUT2D eigenvalue weighted by Crippen LogP contribution is -2.05. The Labute approximate surface area is 137 Å². The quantitative estimate of drug-likeness (QED) is 0.750. The van der Waals surface area contributed by atoms with Crippen LogP contribution in [0.15, 0.2) is 42.6 Å². The van der Waals surface area contributed by atoms with E-state index in [4.69, 9.17) is 0 Å². The van der Waals surface area contributed by atoms with Crippen molar-refractivity contribution >= 4 is 23.1 Å². The Morgan fingerprint density at radius 3 is 2.12 bits per heavy atom. The molecule has 0 bridgehead atoms. The van der Waals surface area contributed by atoms with Crippen LogP contribution in [0, 0.1) is 25.5 Å².